The van der Waals surface area contributed by atoms with Gasteiger partial charge in [0.15, 0.2) is 0 Å². The number of hydrogen-bond donors (Lipinski definition) is 1. The molecule has 18 heavy (non-hydrogen) atoms. The molecule has 96 valence electrons. The zero-order valence-corrected chi connectivity index (χ0v) is 11.4. The second-order valence-corrected chi connectivity index (χ2v) is 4.33. The van der Waals surface area contributed by atoms with Crippen molar-refractivity contribution in [3.05, 3.63) is 66.4 Å². The predicted octanol–water partition coefficient (Wildman–Crippen LogP) is 5.30. The monoisotopic (exact) mass is 241 g/mol. The fourth-order valence-corrected chi connectivity index (χ4v) is 1.59. The van der Waals surface area contributed by atoms with Gasteiger partial charge >= 0.3 is 0 Å². The van der Waals surface area contributed by atoms with Gasteiger partial charge < -0.3 is 5.32 Å². The minimum atomic E-state index is 1.08. The first kappa shape index (κ1) is 14.3. The minimum Gasteiger partial charge on any atom is -0.356 e. The van der Waals surface area contributed by atoms with Crippen molar-refractivity contribution in [2.24, 2.45) is 0 Å². The normalized spacial score (nSPS) is 11.8. The van der Waals surface area contributed by atoms with E-state index in [-0.39, 0.29) is 0 Å². The summed E-state index contributed by atoms with van der Waals surface area (Å²) in [7, 11) is 0. The molecular formula is C17H23N. The largest absolute Gasteiger partial charge is 0.356 e. The summed E-state index contributed by atoms with van der Waals surface area (Å²) in [4.78, 5) is 0. The molecule has 0 bridgehead atoms. The zero-order chi connectivity index (χ0) is 13.2. The van der Waals surface area contributed by atoms with Gasteiger partial charge in [0.25, 0.3) is 0 Å². The van der Waals surface area contributed by atoms with E-state index >= 15 is 0 Å². The highest BCUT2D eigenvalue weighted by Crippen LogP contribution is 2.12. The van der Waals surface area contributed by atoms with Crippen LogP contribution in [0, 0.1) is 0 Å². The topological polar surface area (TPSA) is 12.0 Å². The third-order valence-corrected chi connectivity index (χ3v) is 2.72. The zero-order valence-electron chi connectivity index (χ0n) is 11.4. The molecule has 0 aliphatic carbocycles. The lowest BCUT2D eigenvalue weighted by Crippen LogP contribution is -1.95. The van der Waals surface area contributed by atoms with E-state index in [4.69, 9.17) is 0 Å². The Hall–Kier alpha value is -1.76. The first-order valence-corrected chi connectivity index (χ1v) is 6.60. The van der Waals surface area contributed by atoms with Gasteiger partial charge in [0.2, 0.25) is 0 Å². The van der Waals surface area contributed by atoms with Gasteiger partial charge in [-0.3, -0.25) is 0 Å². The molecule has 0 amide bonds. The number of allylic oxidation sites excluding steroid dienone is 4. The number of unbranched alkanes of at least 4 members (excludes halogenated alkanes) is 1. The second-order valence-electron chi connectivity index (χ2n) is 4.33. The van der Waals surface area contributed by atoms with Gasteiger partial charge in [0.1, 0.15) is 0 Å². The van der Waals surface area contributed by atoms with Crippen molar-refractivity contribution in [2.45, 2.75) is 33.1 Å². The number of anilines is 1. The number of nitrogens with one attached hydrogen (secondary N) is 1. The Morgan fingerprint density at radius 1 is 1.22 bits per heavy atom. The van der Waals surface area contributed by atoms with Gasteiger partial charge in [-0.05, 0) is 38.0 Å². The van der Waals surface area contributed by atoms with Crippen LogP contribution in [0.4, 0.5) is 5.69 Å². The molecule has 0 spiro atoms. The fraction of sp³-hybridized carbons (Fsp3) is 0.294. The Kier molecular flexibility index (Phi) is 6.63. The molecule has 0 saturated carbocycles. The molecule has 0 aliphatic rings. The van der Waals surface area contributed by atoms with E-state index in [1.165, 1.54) is 18.4 Å². The van der Waals surface area contributed by atoms with Crippen LogP contribution in [0.25, 0.3) is 0 Å². The van der Waals surface area contributed by atoms with E-state index < -0.39 is 0 Å². The van der Waals surface area contributed by atoms with E-state index in [0.29, 0.717) is 0 Å². The predicted molar refractivity (Wildman–Crippen MR) is 81.6 cm³/mol. The van der Waals surface area contributed by atoms with Crippen molar-refractivity contribution in [2.75, 3.05) is 5.32 Å². The maximum absolute atomic E-state index is 4.06. The van der Waals surface area contributed by atoms with Crippen molar-refractivity contribution in [3.8, 4) is 0 Å². The highest BCUT2D eigenvalue weighted by atomic mass is 14.9. The van der Waals surface area contributed by atoms with Crippen molar-refractivity contribution in [1.82, 2.24) is 0 Å². The first-order chi connectivity index (χ1) is 8.76. The lowest BCUT2D eigenvalue weighted by molar-refractivity contribution is 0.799. The van der Waals surface area contributed by atoms with Crippen molar-refractivity contribution in [1.29, 1.82) is 0 Å². The second kappa shape index (κ2) is 8.35. The van der Waals surface area contributed by atoms with Crippen LogP contribution in [-0.2, 0) is 0 Å². The first-order valence-electron chi connectivity index (χ1n) is 6.60. The Morgan fingerprint density at radius 3 is 2.56 bits per heavy atom. The van der Waals surface area contributed by atoms with Crippen LogP contribution >= 0.6 is 0 Å². The Labute approximate surface area is 111 Å². The van der Waals surface area contributed by atoms with Gasteiger partial charge in [-0.1, -0.05) is 55.8 Å². The van der Waals surface area contributed by atoms with Crippen molar-refractivity contribution >= 4 is 5.69 Å². The molecular weight excluding hydrogens is 218 g/mol. The molecule has 1 aromatic rings. The summed E-state index contributed by atoms with van der Waals surface area (Å²) < 4.78 is 0. The summed E-state index contributed by atoms with van der Waals surface area (Å²) in [6, 6.07) is 10.2. The van der Waals surface area contributed by atoms with Gasteiger partial charge in [-0.25, -0.2) is 0 Å². The molecule has 1 rings (SSSR count). The van der Waals surface area contributed by atoms with Gasteiger partial charge in [0.05, 0.1) is 0 Å². The van der Waals surface area contributed by atoms with Gasteiger partial charge in [-0.15, -0.1) is 0 Å². The molecule has 1 nitrogen and oxygen atoms in total. The SMILES string of the molecule is C=C(/C=C\C(=C/C)Nc1ccccc1)CCCC. The van der Waals surface area contributed by atoms with E-state index in [2.05, 4.69) is 49.2 Å². The quantitative estimate of drug-likeness (QED) is 0.638. The summed E-state index contributed by atoms with van der Waals surface area (Å²) in [5.74, 6) is 0. The highest BCUT2D eigenvalue weighted by Gasteiger charge is 1.93. The minimum absolute atomic E-state index is 1.08. The molecule has 0 radical (unpaired) electrons. The Bertz CT molecular complexity index is 412. The molecule has 0 unspecified atom stereocenters. The summed E-state index contributed by atoms with van der Waals surface area (Å²) in [5.41, 5.74) is 3.39. The van der Waals surface area contributed by atoms with E-state index in [1.54, 1.807) is 0 Å². The lowest BCUT2D eigenvalue weighted by Gasteiger charge is -2.06. The highest BCUT2D eigenvalue weighted by molar-refractivity contribution is 5.50. The number of para-hydroxylation sites is 1. The van der Waals surface area contributed by atoms with Gasteiger partial charge in [0, 0.05) is 11.4 Å². The third kappa shape index (κ3) is 5.53. The molecule has 1 heteroatoms. The average Bonchev–Trinajstić information content (AvgIpc) is 2.42. The Morgan fingerprint density at radius 2 is 1.94 bits per heavy atom. The summed E-state index contributed by atoms with van der Waals surface area (Å²) >= 11 is 0. The standard InChI is InChI=1S/C17H23N/c1-4-6-10-15(3)13-14-16(5-2)18-17-11-8-7-9-12-17/h5,7-9,11-14,18H,3-4,6,10H2,1-2H3/b14-13-,16-5+. The molecule has 0 saturated heterocycles. The number of hydrogen-bond acceptors (Lipinski definition) is 1. The third-order valence-electron chi connectivity index (χ3n) is 2.72. The number of benzene rings is 1. The summed E-state index contributed by atoms with van der Waals surface area (Å²) in [6.45, 7) is 8.30. The molecule has 0 aliphatic heterocycles. The van der Waals surface area contributed by atoms with Crippen LogP contribution in [0.3, 0.4) is 0 Å². The fourth-order valence-electron chi connectivity index (χ4n) is 1.59. The Balaban J connectivity index is 2.53. The molecule has 0 atom stereocenters. The van der Waals surface area contributed by atoms with Crippen LogP contribution < -0.4 is 5.32 Å². The van der Waals surface area contributed by atoms with Gasteiger partial charge in [-0.2, -0.15) is 0 Å². The average molecular weight is 241 g/mol. The lowest BCUT2D eigenvalue weighted by atomic mass is 10.1. The molecule has 0 heterocycles. The van der Waals surface area contributed by atoms with Crippen molar-refractivity contribution in [3.63, 3.8) is 0 Å². The maximum Gasteiger partial charge on any atom is 0.0384 e. The van der Waals surface area contributed by atoms with Crippen LogP contribution in [-0.4, -0.2) is 0 Å². The molecule has 0 aromatic heterocycles. The van der Waals surface area contributed by atoms with E-state index in [1.807, 2.05) is 25.1 Å². The van der Waals surface area contributed by atoms with Crippen LogP contribution in [0.1, 0.15) is 33.1 Å². The van der Waals surface area contributed by atoms with E-state index in [0.717, 1.165) is 17.8 Å². The van der Waals surface area contributed by atoms with Crippen LogP contribution in [0.5, 0.6) is 0 Å². The number of rotatable bonds is 7. The molecule has 0 fully saturated rings. The molecule has 1 N–H and O–H groups in total. The summed E-state index contributed by atoms with van der Waals surface area (Å²) in [6.07, 6.45) is 9.75. The van der Waals surface area contributed by atoms with E-state index in [9.17, 15) is 0 Å². The maximum atomic E-state index is 4.06. The molecule has 1 aromatic carbocycles. The van der Waals surface area contributed by atoms with Crippen molar-refractivity contribution < 1.29 is 0 Å². The smallest absolute Gasteiger partial charge is 0.0384 e. The van der Waals surface area contributed by atoms with Crippen LogP contribution in [0.2, 0.25) is 0 Å². The van der Waals surface area contributed by atoms with Crippen LogP contribution in [0.15, 0.2) is 66.4 Å². The summed E-state index contributed by atoms with van der Waals surface area (Å²) in [5, 5.41) is 3.37.